The van der Waals surface area contributed by atoms with Crippen molar-refractivity contribution < 1.29 is 34.0 Å². The van der Waals surface area contributed by atoms with E-state index in [1.807, 2.05) is 24.5 Å². The van der Waals surface area contributed by atoms with Gasteiger partial charge < -0.3 is 29.7 Å². The number of benzene rings is 1. The van der Waals surface area contributed by atoms with Gasteiger partial charge in [-0.15, -0.1) is 0 Å². The van der Waals surface area contributed by atoms with Gasteiger partial charge in [-0.2, -0.15) is 0 Å². The SMILES string of the molecule is COc1cc([C@@H]2C[C@@H](c3ccncc3)C(C)(C)N2)cc(OC)c1OC.O=C(O)C(=O)O. The molecule has 0 amide bonds. The van der Waals surface area contributed by atoms with Crippen molar-refractivity contribution in [2.75, 3.05) is 21.3 Å². The first-order valence-corrected chi connectivity index (χ1v) is 9.58. The molecule has 31 heavy (non-hydrogen) atoms. The molecule has 1 fully saturated rings. The minimum Gasteiger partial charge on any atom is -0.493 e. The highest BCUT2D eigenvalue weighted by Gasteiger charge is 2.41. The van der Waals surface area contributed by atoms with Crippen LogP contribution in [0.2, 0.25) is 0 Å². The van der Waals surface area contributed by atoms with Gasteiger partial charge in [0.2, 0.25) is 5.75 Å². The Morgan fingerprint density at radius 1 is 0.968 bits per heavy atom. The Morgan fingerprint density at radius 3 is 1.90 bits per heavy atom. The Hall–Kier alpha value is -3.33. The highest BCUT2D eigenvalue weighted by Crippen LogP contribution is 2.47. The molecule has 0 spiro atoms. The second kappa shape index (κ2) is 10.1. The molecule has 3 N–H and O–H groups in total. The van der Waals surface area contributed by atoms with Crippen molar-refractivity contribution in [2.24, 2.45) is 0 Å². The molecule has 168 valence electrons. The molecule has 1 saturated heterocycles. The van der Waals surface area contributed by atoms with Crippen molar-refractivity contribution in [1.82, 2.24) is 10.3 Å². The number of hydrogen-bond donors (Lipinski definition) is 3. The zero-order valence-electron chi connectivity index (χ0n) is 18.2. The smallest absolute Gasteiger partial charge is 0.414 e. The highest BCUT2D eigenvalue weighted by molar-refractivity contribution is 6.27. The van der Waals surface area contributed by atoms with Crippen LogP contribution in [-0.4, -0.2) is 54.0 Å². The molecule has 1 aliphatic rings. The van der Waals surface area contributed by atoms with Crippen molar-refractivity contribution in [2.45, 2.75) is 37.8 Å². The van der Waals surface area contributed by atoms with Crippen LogP contribution in [0.15, 0.2) is 36.7 Å². The molecule has 1 aliphatic heterocycles. The van der Waals surface area contributed by atoms with Gasteiger partial charge in [0.1, 0.15) is 0 Å². The van der Waals surface area contributed by atoms with E-state index >= 15 is 0 Å². The number of aliphatic carboxylic acids is 2. The molecule has 0 saturated carbocycles. The second-order valence-electron chi connectivity index (χ2n) is 7.56. The molecule has 2 heterocycles. The summed E-state index contributed by atoms with van der Waals surface area (Å²) in [6.45, 7) is 4.49. The summed E-state index contributed by atoms with van der Waals surface area (Å²) in [5.41, 5.74) is 2.42. The number of carboxylic acids is 2. The van der Waals surface area contributed by atoms with Crippen LogP contribution in [0.4, 0.5) is 0 Å². The van der Waals surface area contributed by atoms with Gasteiger partial charge in [0.05, 0.1) is 21.3 Å². The molecule has 0 bridgehead atoms. The fourth-order valence-corrected chi connectivity index (χ4v) is 3.81. The molecular weight excluding hydrogens is 404 g/mol. The number of aromatic nitrogens is 1. The number of carboxylic acid groups (broad SMARTS) is 2. The number of nitrogens with one attached hydrogen (secondary N) is 1. The summed E-state index contributed by atoms with van der Waals surface area (Å²) >= 11 is 0. The molecule has 0 radical (unpaired) electrons. The lowest BCUT2D eigenvalue weighted by Gasteiger charge is -2.27. The molecular formula is C22H28N2O7. The molecule has 9 heteroatoms. The van der Waals surface area contributed by atoms with Crippen LogP contribution >= 0.6 is 0 Å². The third-order valence-electron chi connectivity index (χ3n) is 5.27. The quantitative estimate of drug-likeness (QED) is 0.611. The zero-order valence-corrected chi connectivity index (χ0v) is 18.2. The second-order valence-corrected chi connectivity index (χ2v) is 7.56. The molecule has 9 nitrogen and oxygen atoms in total. The molecule has 1 aromatic heterocycles. The predicted octanol–water partition coefficient (Wildman–Crippen LogP) is 2.86. The average molecular weight is 432 g/mol. The van der Waals surface area contributed by atoms with Gasteiger partial charge in [0.15, 0.2) is 11.5 Å². The van der Waals surface area contributed by atoms with Crippen molar-refractivity contribution in [3.8, 4) is 17.2 Å². The molecule has 2 aromatic rings. The monoisotopic (exact) mass is 432 g/mol. The normalized spacial score (nSPS) is 19.0. The van der Waals surface area contributed by atoms with Crippen molar-refractivity contribution in [3.63, 3.8) is 0 Å². The minimum atomic E-state index is -1.82. The van der Waals surface area contributed by atoms with Crippen molar-refractivity contribution >= 4 is 11.9 Å². The zero-order chi connectivity index (χ0) is 23.2. The maximum atomic E-state index is 9.10. The maximum Gasteiger partial charge on any atom is 0.414 e. The number of ether oxygens (including phenoxy) is 3. The Labute approximate surface area is 181 Å². The number of carbonyl (C=O) groups is 2. The lowest BCUT2D eigenvalue weighted by atomic mass is 9.83. The lowest BCUT2D eigenvalue weighted by Crippen LogP contribution is -2.37. The number of pyridine rings is 1. The number of nitrogens with zero attached hydrogens (tertiary/aromatic N) is 1. The van der Waals surface area contributed by atoms with E-state index in [1.165, 1.54) is 5.56 Å². The van der Waals surface area contributed by atoms with Crippen LogP contribution in [0, 0.1) is 0 Å². The molecule has 0 unspecified atom stereocenters. The van der Waals surface area contributed by atoms with E-state index in [2.05, 4.69) is 36.3 Å². The summed E-state index contributed by atoms with van der Waals surface area (Å²) in [5.74, 6) is -1.26. The summed E-state index contributed by atoms with van der Waals surface area (Å²) in [6, 6.07) is 8.48. The average Bonchev–Trinajstić information content (AvgIpc) is 3.08. The van der Waals surface area contributed by atoms with Gasteiger partial charge in [-0.3, -0.25) is 4.98 Å². The van der Waals surface area contributed by atoms with E-state index in [-0.39, 0.29) is 11.6 Å². The summed E-state index contributed by atoms with van der Waals surface area (Å²) in [4.78, 5) is 22.3. The molecule has 3 rings (SSSR count). The van der Waals surface area contributed by atoms with Crippen LogP contribution in [0.5, 0.6) is 17.2 Å². The van der Waals surface area contributed by atoms with E-state index in [9.17, 15) is 0 Å². The van der Waals surface area contributed by atoms with Crippen LogP contribution in [0.1, 0.15) is 43.4 Å². The Morgan fingerprint density at radius 2 is 1.48 bits per heavy atom. The Kier molecular flexibility index (Phi) is 7.82. The summed E-state index contributed by atoms with van der Waals surface area (Å²) < 4.78 is 16.4. The first-order valence-electron chi connectivity index (χ1n) is 9.58. The van der Waals surface area contributed by atoms with Crippen LogP contribution in [-0.2, 0) is 9.59 Å². The number of hydrogen-bond acceptors (Lipinski definition) is 7. The predicted molar refractivity (Wildman–Crippen MR) is 113 cm³/mol. The third kappa shape index (κ3) is 5.64. The van der Waals surface area contributed by atoms with Crippen LogP contribution in [0.3, 0.4) is 0 Å². The molecule has 0 aliphatic carbocycles. The largest absolute Gasteiger partial charge is 0.493 e. The summed E-state index contributed by atoms with van der Waals surface area (Å²) in [5, 5.41) is 18.5. The van der Waals surface area contributed by atoms with Crippen LogP contribution < -0.4 is 19.5 Å². The Bertz CT molecular complexity index is 878. The topological polar surface area (TPSA) is 127 Å². The summed E-state index contributed by atoms with van der Waals surface area (Å²) in [7, 11) is 4.91. The Balaban J connectivity index is 0.000000501. The van der Waals surface area contributed by atoms with Crippen molar-refractivity contribution in [3.05, 3.63) is 47.8 Å². The van der Waals surface area contributed by atoms with Gasteiger partial charge in [0.25, 0.3) is 0 Å². The lowest BCUT2D eigenvalue weighted by molar-refractivity contribution is -0.159. The van der Waals surface area contributed by atoms with Gasteiger partial charge in [-0.1, -0.05) is 0 Å². The van der Waals surface area contributed by atoms with Crippen LogP contribution in [0.25, 0.3) is 0 Å². The standard InChI is InChI=1S/C20H26N2O3.C2H2O4/c1-20(2)15(13-6-8-21-9-7-13)12-16(22-20)14-10-17(23-3)19(25-5)18(11-14)24-4;3-1(4)2(5)6/h6-11,15-16,22H,12H2,1-5H3;(H,3,4)(H,5,6)/t15-,16-;/m0./s1. The maximum absolute atomic E-state index is 9.10. The van der Waals surface area contributed by atoms with E-state index in [0.717, 1.165) is 12.0 Å². The van der Waals surface area contributed by atoms with E-state index in [4.69, 9.17) is 34.0 Å². The summed E-state index contributed by atoms with van der Waals surface area (Å²) in [6.07, 6.45) is 4.71. The minimum absolute atomic E-state index is 0.0214. The fraction of sp³-hybridized carbons (Fsp3) is 0.409. The highest BCUT2D eigenvalue weighted by atomic mass is 16.5. The van der Waals surface area contributed by atoms with E-state index in [1.54, 1.807) is 21.3 Å². The van der Waals surface area contributed by atoms with Gasteiger partial charge in [0, 0.05) is 29.9 Å². The van der Waals surface area contributed by atoms with Gasteiger partial charge in [-0.25, -0.2) is 9.59 Å². The number of methoxy groups -OCH3 is 3. The fourth-order valence-electron chi connectivity index (χ4n) is 3.81. The van der Waals surface area contributed by atoms with Gasteiger partial charge in [-0.05, 0) is 55.7 Å². The third-order valence-corrected chi connectivity index (χ3v) is 5.27. The number of rotatable bonds is 5. The van der Waals surface area contributed by atoms with E-state index in [0.29, 0.717) is 23.2 Å². The molecule has 1 aromatic carbocycles. The first kappa shape index (κ1) is 23.9. The molecule has 2 atom stereocenters. The van der Waals surface area contributed by atoms with E-state index < -0.39 is 11.9 Å². The first-order chi connectivity index (χ1) is 14.6. The van der Waals surface area contributed by atoms with Gasteiger partial charge >= 0.3 is 11.9 Å². The van der Waals surface area contributed by atoms with Crippen molar-refractivity contribution in [1.29, 1.82) is 0 Å².